The SMILES string of the molecule is O=S(=O)(CCO)Nc1ccc2c(c1)N1CCC(CCCCC3CCCN(C3)c3cc(ccn3)-c3nnc-2o3)CC1. The van der Waals surface area contributed by atoms with E-state index in [2.05, 4.69) is 29.7 Å². The van der Waals surface area contributed by atoms with Gasteiger partial charge in [-0.2, -0.15) is 0 Å². The summed E-state index contributed by atoms with van der Waals surface area (Å²) in [6.45, 7) is 3.39. The monoisotopic (exact) mass is 566 g/mol. The van der Waals surface area contributed by atoms with Crippen molar-refractivity contribution in [3.63, 3.8) is 0 Å². The summed E-state index contributed by atoms with van der Waals surface area (Å²) in [4.78, 5) is 9.37. The molecule has 11 heteroatoms. The zero-order valence-electron chi connectivity index (χ0n) is 22.8. The molecule has 8 bridgehead atoms. The summed E-state index contributed by atoms with van der Waals surface area (Å²) >= 11 is 0. The van der Waals surface area contributed by atoms with Gasteiger partial charge < -0.3 is 19.3 Å². The van der Waals surface area contributed by atoms with Crippen LogP contribution in [0.15, 0.2) is 40.9 Å². The molecule has 3 aromatic rings. The first-order valence-electron chi connectivity index (χ1n) is 14.5. The number of nitrogens with zero attached hydrogens (tertiary/aromatic N) is 5. The van der Waals surface area contributed by atoms with Crippen molar-refractivity contribution in [1.29, 1.82) is 0 Å². The molecule has 0 spiro atoms. The van der Waals surface area contributed by atoms with Gasteiger partial charge in [-0.05, 0) is 74.3 Å². The molecule has 2 N–H and O–H groups in total. The number of rotatable bonds is 4. The van der Waals surface area contributed by atoms with Gasteiger partial charge in [0.25, 0.3) is 0 Å². The number of hydrogen-bond acceptors (Lipinski definition) is 9. The number of fused-ring (bicyclic) bond motifs is 5. The molecule has 2 saturated heterocycles. The van der Waals surface area contributed by atoms with E-state index in [4.69, 9.17) is 9.52 Å². The molecule has 4 aliphatic rings. The van der Waals surface area contributed by atoms with Crippen molar-refractivity contribution in [2.45, 2.75) is 51.4 Å². The van der Waals surface area contributed by atoms with Crippen molar-refractivity contribution in [3.8, 4) is 22.9 Å². The van der Waals surface area contributed by atoms with Gasteiger partial charge in [0.05, 0.1) is 29.3 Å². The molecule has 1 aromatic carbocycles. The molecule has 1 unspecified atom stereocenters. The van der Waals surface area contributed by atoms with Crippen LogP contribution in [0.2, 0.25) is 0 Å². The lowest BCUT2D eigenvalue weighted by Crippen LogP contribution is -2.36. The standard InChI is InChI=1S/C29H38N6O4S/c36-16-17-40(37,38)33-24-7-8-25-26(19-24)34-14-10-21(11-15-34)4-1-2-5-22-6-3-13-35(20-22)27-18-23(9-12-30-27)28-31-32-29(25)39-28/h7-9,12,18-19,21-22,33,36H,1-6,10-11,13-17,20H2. The second-order valence-electron chi connectivity index (χ2n) is 11.4. The number of sulfonamides is 1. The maximum Gasteiger partial charge on any atom is 0.250 e. The number of benzene rings is 1. The Balaban J connectivity index is 1.37. The van der Waals surface area contributed by atoms with E-state index in [0.29, 0.717) is 29.3 Å². The van der Waals surface area contributed by atoms with Gasteiger partial charge in [0, 0.05) is 37.9 Å². The van der Waals surface area contributed by atoms with E-state index in [0.717, 1.165) is 61.7 Å². The van der Waals surface area contributed by atoms with Gasteiger partial charge in [-0.25, -0.2) is 13.4 Å². The zero-order valence-corrected chi connectivity index (χ0v) is 23.7. The van der Waals surface area contributed by atoms with Gasteiger partial charge in [0.2, 0.25) is 21.8 Å². The van der Waals surface area contributed by atoms with E-state index in [1.807, 2.05) is 30.5 Å². The van der Waals surface area contributed by atoms with E-state index in [9.17, 15) is 8.42 Å². The molecule has 6 heterocycles. The highest BCUT2D eigenvalue weighted by molar-refractivity contribution is 7.92. The predicted octanol–water partition coefficient (Wildman–Crippen LogP) is 4.54. The van der Waals surface area contributed by atoms with Gasteiger partial charge in [-0.1, -0.05) is 19.3 Å². The summed E-state index contributed by atoms with van der Waals surface area (Å²) in [6, 6.07) is 9.32. The molecule has 214 valence electrons. The average Bonchev–Trinajstić information content (AvgIpc) is 3.46. The zero-order chi connectivity index (χ0) is 27.5. The Kier molecular flexibility index (Phi) is 7.93. The van der Waals surface area contributed by atoms with Gasteiger partial charge >= 0.3 is 0 Å². The van der Waals surface area contributed by atoms with Crippen LogP contribution in [-0.4, -0.2) is 67.2 Å². The van der Waals surface area contributed by atoms with Crippen molar-refractivity contribution in [1.82, 2.24) is 15.2 Å². The molecule has 0 saturated carbocycles. The molecule has 4 aliphatic heterocycles. The van der Waals surface area contributed by atoms with E-state index in [1.165, 1.54) is 38.5 Å². The Morgan fingerprint density at radius 3 is 2.50 bits per heavy atom. The number of aromatic nitrogens is 3. The second-order valence-corrected chi connectivity index (χ2v) is 13.2. The highest BCUT2D eigenvalue weighted by Crippen LogP contribution is 2.38. The predicted molar refractivity (Wildman–Crippen MR) is 156 cm³/mol. The van der Waals surface area contributed by atoms with Crippen LogP contribution in [0.4, 0.5) is 17.2 Å². The summed E-state index contributed by atoms with van der Waals surface area (Å²) in [5.74, 6) is 2.83. The minimum absolute atomic E-state index is 0.353. The Labute approximate surface area is 235 Å². The summed E-state index contributed by atoms with van der Waals surface area (Å²) in [7, 11) is -3.65. The Morgan fingerprint density at radius 2 is 1.68 bits per heavy atom. The van der Waals surface area contributed by atoms with Crippen LogP contribution in [0.1, 0.15) is 51.4 Å². The van der Waals surface area contributed by atoms with Crippen LogP contribution in [0, 0.1) is 11.8 Å². The molecule has 7 rings (SSSR count). The molecule has 1 atom stereocenters. The molecule has 0 amide bonds. The number of nitrogens with one attached hydrogen (secondary N) is 1. The van der Waals surface area contributed by atoms with E-state index in [-0.39, 0.29) is 5.75 Å². The van der Waals surface area contributed by atoms with Gasteiger partial charge in [-0.15, -0.1) is 10.2 Å². The first kappa shape index (κ1) is 27.0. The summed E-state index contributed by atoms with van der Waals surface area (Å²) in [5.41, 5.74) is 2.92. The summed E-state index contributed by atoms with van der Waals surface area (Å²) in [6.07, 6.45) is 11.6. The number of hydrogen-bond donors (Lipinski definition) is 2. The van der Waals surface area contributed by atoms with Crippen molar-refractivity contribution >= 4 is 27.2 Å². The second kappa shape index (κ2) is 11.7. The minimum Gasteiger partial charge on any atom is -0.416 e. The number of aliphatic hydroxyl groups is 1. The van der Waals surface area contributed by atoms with E-state index in [1.54, 1.807) is 6.07 Å². The van der Waals surface area contributed by atoms with Crippen LogP contribution < -0.4 is 14.5 Å². The number of piperidine rings is 2. The third-order valence-corrected chi connectivity index (χ3v) is 9.82. The maximum atomic E-state index is 12.4. The van der Waals surface area contributed by atoms with Crippen LogP contribution in [0.25, 0.3) is 22.9 Å². The molecule has 2 fully saturated rings. The first-order chi connectivity index (χ1) is 19.5. The smallest absolute Gasteiger partial charge is 0.250 e. The molecule has 2 aromatic heterocycles. The summed E-state index contributed by atoms with van der Waals surface area (Å²) in [5, 5.41) is 17.9. The fourth-order valence-electron chi connectivity index (χ4n) is 6.40. The topological polar surface area (TPSA) is 125 Å². The largest absolute Gasteiger partial charge is 0.416 e. The molecule has 10 nitrogen and oxygen atoms in total. The third-order valence-electron chi connectivity index (χ3n) is 8.55. The fraction of sp³-hybridized carbons (Fsp3) is 0.552. The molecular formula is C29H38N6O4S. The maximum absolute atomic E-state index is 12.4. The number of pyridine rings is 1. The fourth-order valence-corrected chi connectivity index (χ4v) is 7.23. The van der Waals surface area contributed by atoms with E-state index >= 15 is 0 Å². The molecule has 40 heavy (non-hydrogen) atoms. The number of anilines is 3. The van der Waals surface area contributed by atoms with E-state index < -0.39 is 16.6 Å². The quantitative estimate of drug-likeness (QED) is 0.468. The van der Waals surface area contributed by atoms with Gasteiger partial charge in [0.1, 0.15) is 5.82 Å². The lowest BCUT2D eigenvalue weighted by Gasteiger charge is -2.35. The lowest BCUT2D eigenvalue weighted by molar-refractivity contribution is 0.320. The third kappa shape index (κ3) is 6.10. The van der Waals surface area contributed by atoms with Crippen molar-refractivity contribution in [3.05, 3.63) is 36.5 Å². The minimum atomic E-state index is -3.65. The Morgan fingerprint density at radius 1 is 0.900 bits per heavy atom. The van der Waals surface area contributed by atoms with Crippen molar-refractivity contribution in [2.24, 2.45) is 11.8 Å². The van der Waals surface area contributed by atoms with Gasteiger partial charge in [0.15, 0.2) is 0 Å². The Hall–Kier alpha value is -3.18. The number of aliphatic hydroxyl groups excluding tert-OH is 1. The normalized spacial score (nSPS) is 21.7. The molecule has 0 radical (unpaired) electrons. The van der Waals surface area contributed by atoms with Crippen LogP contribution in [-0.2, 0) is 10.0 Å². The first-order valence-corrected chi connectivity index (χ1v) is 16.2. The lowest BCUT2D eigenvalue weighted by atomic mass is 9.88. The summed E-state index contributed by atoms with van der Waals surface area (Å²) < 4.78 is 33.6. The van der Waals surface area contributed by atoms with Crippen LogP contribution in [0.5, 0.6) is 0 Å². The van der Waals surface area contributed by atoms with Crippen molar-refractivity contribution < 1.29 is 17.9 Å². The van der Waals surface area contributed by atoms with Crippen LogP contribution >= 0.6 is 0 Å². The molecular weight excluding hydrogens is 528 g/mol. The highest BCUT2D eigenvalue weighted by atomic mass is 32.2. The highest BCUT2D eigenvalue weighted by Gasteiger charge is 2.26. The Bertz CT molecular complexity index is 1420. The van der Waals surface area contributed by atoms with Gasteiger partial charge in [-0.3, -0.25) is 4.72 Å². The average molecular weight is 567 g/mol. The van der Waals surface area contributed by atoms with Crippen LogP contribution in [0.3, 0.4) is 0 Å². The van der Waals surface area contributed by atoms with Crippen molar-refractivity contribution in [2.75, 3.05) is 53.1 Å². The molecule has 0 aliphatic carbocycles.